The number of quaternary nitrogens is 1. The zero-order valence-electron chi connectivity index (χ0n) is 36.4. The Morgan fingerprint density at radius 1 is 0.556 bits per heavy atom. The third-order valence-corrected chi connectivity index (χ3v) is 11.0. The smallest absolute Gasteiger partial charge is 0.306 e. The number of unbranched alkanes of at least 4 members (excludes halogenated alkanes) is 27. The number of esters is 1. The van der Waals surface area contributed by atoms with Crippen LogP contribution in [0.3, 0.4) is 0 Å². The van der Waals surface area contributed by atoms with Crippen molar-refractivity contribution in [3.63, 3.8) is 0 Å². The zero-order valence-corrected chi connectivity index (χ0v) is 37.3. The van der Waals surface area contributed by atoms with Gasteiger partial charge in [-0.3, -0.25) is 9.36 Å². The Kier molecular flexibility index (Phi) is 38.5. The van der Waals surface area contributed by atoms with Crippen LogP contribution in [0.5, 0.6) is 0 Å². The van der Waals surface area contributed by atoms with Crippen LogP contribution in [-0.4, -0.2) is 70.7 Å². The molecule has 0 spiro atoms. The van der Waals surface area contributed by atoms with Gasteiger partial charge in [0.05, 0.1) is 34.4 Å². The van der Waals surface area contributed by atoms with E-state index in [9.17, 15) is 14.3 Å². The molecule has 0 aliphatic carbocycles. The van der Waals surface area contributed by atoms with Crippen molar-refractivity contribution in [2.45, 2.75) is 219 Å². The molecule has 9 heteroatoms. The molecule has 0 amide bonds. The number of likely N-dealkylation sites (N-methyl/N-ethyl adjacent to an activating group) is 1. The fourth-order valence-corrected chi connectivity index (χ4v) is 7.21. The van der Waals surface area contributed by atoms with Crippen molar-refractivity contribution in [2.75, 3.05) is 54.1 Å². The number of allylic oxidation sites excluding steroid dienone is 2. The normalized spacial score (nSPS) is 13.8. The molecule has 322 valence electrons. The summed E-state index contributed by atoms with van der Waals surface area (Å²) in [6.07, 6.45) is 42.3. The second kappa shape index (κ2) is 39.1. The number of phosphoric ester groups is 1. The van der Waals surface area contributed by atoms with Gasteiger partial charge in [-0.1, -0.05) is 180 Å². The number of ether oxygens (including phenoxy) is 2. The van der Waals surface area contributed by atoms with Crippen molar-refractivity contribution in [3.05, 3.63) is 12.2 Å². The molecular weight excluding hydrogens is 697 g/mol. The minimum absolute atomic E-state index is 0.0277. The van der Waals surface area contributed by atoms with E-state index in [1.165, 1.54) is 148 Å². The molecule has 0 saturated carbocycles. The predicted molar refractivity (Wildman–Crippen MR) is 227 cm³/mol. The zero-order chi connectivity index (χ0) is 39.9. The third kappa shape index (κ3) is 42.4. The number of hydrogen-bond acceptors (Lipinski definition) is 7. The predicted octanol–water partition coefficient (Wildman–Crippen LogP) is 12.8. The van der Waals surface area contributed by atoms with Crippen molar-refractivity contribution < 1.29 is 37.3 Å². The van der Waals surface area contributed by atoms with E-state index in [4.69, 9.17) is 18.5 Å². The Hall–Kier alpha value is -0.760. The van der Waals surface area contributed by atoms with Crippen LogP contribution in [0.2, 0.25) is 0 Å². The van der Waals surface area contributed by atoms with Crippen LogP contribution in [0, 0.1) is 0 Å². The van der Waals surface area contributed by atoms with E-state index in [2.05, 4.69) is 26.0 Å². The summed E-state index contributed by atoms with van der Waals surface area (Å²) in [6, 6.07) is 0. The minimum atomic E-state index is -4.52. The summed E-state index contributed by atoms with van der Waals surface area (Å²) in [5, 5.41) is 0. The highest BCUT2D eigenvalue weighted by Gasteiger charge is 2.20. The van der Waals surface area contributed by atoms with Crippen LogP contribution in [0.4, 0.5) is 0 Å². The number of carbonyl (C=O) groups is 1. The Morgan fingerprint density at radius 2 is 0.963 bits per heavy atom. The summed E-state index contributed by atoms with van der Waals surface area (Å²) in [5.41, 5.74) is 0. The SMILES string of the molecule is CCCCC/C=C\CCCCCCCC(=O)OC(COCCCCCCCCCCCCCCCCCCCCCC)COP(=O)([O-])OCC[N+](C)(C)C. The van der Waals surface area contributed by atoms with Crippen molar-refractivity contribution in [1.82, 2.24) is 0 Å². The van der Waals surface area contributed by atoms with Gasteiger partial charge in [0.25, 0.3) is 7.82 Å². The Balaban J connectivity index is 4.12. The van der Waals surface area contributed by atoms with E-state index in [0.29, 0.717) is 24.1 Å². The quantitative estimate of drug-likeness (QED) is 0.0200. The summed E-state index contributed by atoms with van der Waals surface area (Å²) in [6.45, 7) is 5.42. The third-order valence-electron chi connectivity index (χ3n) is 10.1. The van der Waals surface area contributed by atoms with Gasteiger partial charge in [0, 0.05) is 13.0 Å². The Labute approximate surface area is 335 Å². The van der Waals surface area contributed by atoms with Crippen LogP contribution >= 0.6 is 7.82 Å². The average Bonchev–Trinajstić information content (AvgIpc) is 3.12. The molecule has 2 atom stereocenters. The molecular formula is C45H90NO7P. The molecule has 0 fully saturated rings. The molecule has 0 bridgehead atoms. The summed E-state index contributed by atoms with van der Waals surface area (Å²) >= 11 is 0. The lowest BCUT2D eigenvalue weighted by molar-refractivity contribution is -0.870. The van der Waals surface area contributed by atoms with Crippen LogP contribution in [0.15, 0.2) is 12.2 Å². The largest absolute Gasteiger partial charge is 0.756 e. The maximum absolute atomic E-state index is 12.6. The molecule has 0 aromatic heterocycles. The first kappa shape index (κ1) is 53.2. The van der Waals surface area contributed by atoms with Gasteiger partial charge >= 0.3 is 5.97 Å². The lowest BCUT2D eigenvalue weighted by Gasteiger charge is -2.28. The molecule has 0 radical (unpaired) electrons. The van der Waals surface area contributed by atoms with E-state index >= 15 is 0 Å². The number of rotatable bonds is 43. The Morgan fingerprint density at radius 3 is 1.44 bits per heavy atom. The highest BCUT2D eigenvalue weighted by atomic mass is 31.2. The van der Waals surface area contributed by atoms with E-state index in [1.54, 1.807) is 0 Å². The summed E-state index contributed by atoms with van der Waals surface area (Å²) in [4.78, 5) is 25.0. The van der Waals surface area contributed by atoms with Crippen LogP contribution in [0.25, 0.3) is 0 Å². The molecule has 0 aromatic rings. The first-order valence-electron chi connectivity index (χ1n) is 22.9. The number of carbonyl (C=O) groups excluding carboxylic acids is 1. The minimum Gasteiger partial charge on any atom is -0.756 e. The van der Waals surface area contributed by atoms with Crippen molar-refractivity contribution in [1.29, 1.82) is 0 Å². The van der Waals surface area contributed by atoms with E-state index in [0.717, 1.165) is 44.9 Å². The molecule has 2 unspecified atom stereocenters. The molecule has 0 heterocycles. The Bertz CT molecular complexity index is 879. The second-order valence-corrected chi connectivity index (χ2v) is 18.2. The van der Waals surface area contributed by atoms with Gasteiger partial charge in [-0.15, -0.1) is 0 Å². The molecule has 0 aliphatic heterocycles. The van der Waals surface area contributed by atoms with Gasteiger partial charge in [0.15, 0.2) is 0 Å². The molecule has 54 heavy (non-hydrogen) atoms. The highest BCUT2D eigenvalue weighted by molar-refractivity contribution is 7.45. The second-order valence-electron chi connectivity index (χ2n) is 16.8. The summed E-state index contributed by atoms with van der Waals surface area (Å²) in [7, 11) is 1.36. The van der Waals surface area contributed by atoms with Gasteiger partial charge in [0.2, 0.25) is 0 Å². The van der Waals surface area contributed by atoms with Crippen LogP contribution in [-0.2, 0) is 27.9 Å². The maximum atomic E-state index is 12.6. The van der Waals surface area contributed by atoms with Gasteiger partial charge in [-0.05, 0) is 38.5 Å². The molecule has 0 saturated heterocycles. The fraction of sp³-hybridized carbons (Fsp3) is 0.933. The van der Waals surface area contributed by atoms with E-state index < -0.39 is 13.9 Å². The topological polar surface area (TPSA) is 94.1 Å². The van der Waals surface area contributed by atoms with Gasteiger partial charge in [-0.2, -0.15) is 0 Å². The number of phosphoric acid groups is 1. The van der Waals surface area contributed by atoms with E-state index in [1.807, 2.05) is 21.1 Å². The average molecular weight is 788 g/mol. The monoisotopic (exact) mass is 788 g/mol. The van der Waals surface area contributed by atoms with Gasteiger partial charge in [-0.25, -0.2) is 0 Å². The van der Waals surface area contributed by atoms with Crippen molar-refractivity contribution in [3.8, 4) is 0 Å². The molecule has 8 nitrogen and oxygen atoms in total. The first-order chi connectivity index (χ1) is 26.1. The number of nitrogens with zero attached hydrogens (tertiary/aromatic N) is 1. The molecule has 0 aromatic carbocycles. The summed E-state index contributed by atoms with van der Waals surface area (Å²) < 4.78 is 34.6. The highest BCUT2D eigenvalue weighted by Crippen LogP contribution is 2.38. The van der Waals surface area contributed by atoms with Crippen molar-refractivity contribution in [2.24, 2.45) is 0 Å². The standard InChI is InChI=1S/C45H90NO7P/c1-6-8-10-12-14-16-18-20-21-22-23-24-25-26-27-29-31-33-35-37-40-50-42-44(43-52-54(48,49)51-41-39-46(3,4)5)53-45(47)38-36-34-32-30-28-19-17-15-13-11-9-7-2/h15,17,44H,6-14,16,18-43H2,1-5H3/b17-15-. The number of hydrogen-bond donors (Lipinski definition) is 0. The van der Waals surface area contributed by atoms with Gasteiger partial charge in [0.1, 0.15) is 19.3 Å². The van der Waals surface area contributed by atoms with E-state index in [-0.39, 0.29) is 25.8 Å². The fourth-order valence-electron chi connectivity index (χ4n) is 6.48. The molecule has 0 aliphatic rings. The van der Waals surface area contributed by atoms with Gasteiger partial charge < -0.3 is 27.9 Å². The lowest BCUT2D eigenvalue weighted by Crippen LogP contribution is -2.37. The lowest BCUT2D eigenvalue weighted by atomic mass is 10.0. The first-order valence-corrected chi connectivity index (χ1v) is 24.4. The molecule has 0 rings (SSSR count). The van der Waals surface area contributed by atoms with Crippen LogP contribution in [0.1, 0.15) is 213 Å². The summed E-state index contributed by atoms with van der Waals surface area (Å²) in [5.74, 6) is -0.340. The molecule has 0 N–H and O–H groups in total. The van der Waals surface area contributed by atoms with Crippen LogP contribution < -0.4 is 4.89 Å². The maximum Gasteiger partial charge on any atom is 0.306 e. The van der Waals surface area contributed by atoms with Crippen molar-refractivity contribution >= 4 is 13.8 Å².